The predicted octanol–water partition coefficient (Wildman–Crippen LogP) is 2.20. The molecular weight excluding hydrogens is 214 g/mol. The standard InChI is InChI=1S/C14H25NO2/c1-16-14(7-4-8-14)11-15-9-10-17-13-6-3-2-5-12(13)15/h12-13H,2-11H2,1H3. The molecule has 3 nitrogen and oxygen atoms in total. The molecule has 3 rings (SSSR count). The summed E-state index contributed by atoms with van der Waals surface area (Å²) in [6.45, 7) is 3.15. The van der Waals surface area contributed by atoms with E-state index in [1.54, 1.807) is 0 Å². The van der Waals surface area contributed by atoms with E-state index in [1.807, 2.05) is 7.11 Å². The number of hydrogen-bond acceptors (Lipinski definition) is 3. The van der Waals surface area contributed by atoms with Crippen molar-refractivity contribution in [2.45, 2.75) is 62.7 Å². The first kappa shape index (κ1) is 11.9. The quantitative estimate of drug-likeness (QED) is 0.753. The molecule has 0 aromatic carbocycles. The molecule has 0 aromatic heterocycles. The Morgan fingerprint density at radius 1 is 1.24 bits per heavy atom. The highest BCUT2D eigenvalue weighted by molar-refractivity contribution is 4.96. The first-order chi connectivity index (χ1) is 8.33. The highest BCUT2D eigenvalue weighted by atomic mass is 16.5. The summed E-state index contributed by atoms with van der Waals surface area (Å²) in [7, 11) is 1.89. The summed E-state index contributed by atoms with van der Waals surface area (Å²) in [5, 5.41) is 0. The van der Waals surface area contributed by atoms with E-state index in [2.05, 4.69) is 4.90 Å². The highest BCUT2D eigenvalue weighted by Gasteiger charge is 2.42. The normalized spacial score (nSPS) is 37.2. The minimum Gasteiger partial charge on any atom is -0.377 e. The van der Waals surface area contributed by atoms with Crippen LogP contribution >= 0.6 is 0 Å². The Bertz CT molecular complexity index is 257. The van der Waals surface area contributed by atoms with Crippen molar-refractivity contribution in [1.82, 2.24) is 4.90 Å². The molecule has 3 fully saturated rings. The molecule has 1 heterocycles. The van der Waals surface area contributed by atoms with Gasteiger partial charge < -0.3 is 9.47 Å². The second-order valence-electron chi connectivity index (χ2n) is 5.97. The number of hydrogen-bond donors (Lipinski definition) is 0. The first-order valence-corrected chi connectivity index (χ1v) is 7.24. The Kier molecular flexibility index (Phi) is 3.42. The molecule has 1 aliphatic heterocycles. The lowest BCUT2D eigenvalue weighted by molar-refractivity contribution is -0.140. The van der Waals surface area contributed by atoms with Crippen molar-refractivity contribution < 1.29 is 9.47 Å². The van der Waals surface area contributed by atoms with E-state index in [-0.39, 0.29) is 5.60 Å². The molecule has 17 heavy (non-hydrogen) atoms. The van der Waals surface area contributed by atoms with Crippen molar-refractivity contribution in [3.63, 3.8) is 0 Å². The van der Waals surface area contributed by atoms with Crippen molar-refractivity contribution in [2.75, 3.05) is 26.8 Å². The summed E-state index contributed by atoms with van der Waals surface area (Å²) >= 11 is 0. The highest BCUT2D eigenvalue weighted by Crippen LogP contribution is 2.38. The Hall–Kier alpha value is -0.120. The molecule has 2 saturated carbocycles. The van der Waals surface area contributed by atoms with Crippen LogP contribution in [0.3, 0.4) is 0 Å². The maximum absolute atomic E-state index is 5.93. The third-order valence-electron chi connectivity index (χ3n) is 5.04. The second kappa shape index (κ2) is 4.87. The van der Waals surface area contributed by atoms with Gasteiger partial charge in [-0.15, -0.1) is 0 Å². The van der Waals surface area contributed by atoms with Crippen LogP contribution in [0.2, 0.25) is 0 Å². The van der Waals surface area contributed by atoms with Gasteiger partial charge in [0.15, 0.2) is 0 Å². The first-order valence-electron chi connectivity index (χ1n) is 7.24. The summed E-state index contributed by atoms with van der Waals surface area (Å²) in [5.74, 6) is 0. The lowest BCUT2D eigenvalue weighted by Crippen LogP contribution is -2.59. The van der Waals surface area contributed by atoms with Gasteiger partial charge >= 0.3 is 0 Å². The number of rotatable bonds is 3. The van der Waals surface area contributed by atoms with Crippen LogP contribution in [0, 0.1) is 0 Å². The average Bonchev–Trinajstić information content (AvgIpc) is 2.34. The molecule has 2 unspecified atom stereocenters. The second-order valence-corrected chi connectivity index (χ2v) is 5.97. The number of morpholine rings is 1. The van der Waals surface area contributed by atoms with Gasteiger partial charge in [0.05, 0.1) is 18.3 Å². The van der Waals surface area contributed by atoms with Crippen LogP contribution in [0.4, 0.5) is 0 Å². The van der Waals surface area contributed by atoms with Crippen LogP contribution in [0.15, 0.2) is 0 Å². The molecule has 0 spiro atoms. The number of ether oxygens (including phenoxy) is 2. The molecule has 2 aliphatic carbocycles. The van der Waals surface area contributed by atoms with E-state index in [9.17, 15) is 0 Å². The van der Waals surface area contributed by atoms with Crippen molar-refractivity contribution in [2.24, 2.45) is 0 Å². The van der Waals surface area contributed by atoms with Crippen molar-refractivity contribution in [3.05, 3.63) is 0 Å². The lowest BCUT2D eigenvalue weighted by atomic mass is 9.78. The number of fused-ring (bicyclic) bond motifs is 1. The lowest BCUT2D eigenvalue weighted by Gasteiger charge is -2.50. The molecule has 0 amide bonds. The van der Waals surface area contributed by atoms with Gasteiger partial charge in [0.25, 0.3) is 0 Å². The Morgan fingerprint density at radius 2 is 2.06 bits per heavy atom. The average molecular weight is 239 g/mol. The molecule has 0 bridgehead atoms. The van der Waals surface area contributed by atoms with E-state index >= 15 is 0 Å². The summed E-state index contributed by atoms with van der Waals surface area (Å²) in [5.41, 5.74) is 0.180. The van der Waals surface area contributed by atoms with Crippen molar-refractivity contribution >= 4 is 0 Å². The zero-order chi connectivity index (χ0) is 11.7. The summed E-state index contributed by atoms with van der Waals surface area (Å²) in [6, 6.07) is 0.671. The van der Waals surface area contributed by atoms with Gasteiger partial charge in [-0.25, -0.2) is 0 Å². The zero-order valence-electron chi connectivity index (χ0n) is 11.0. The molecule has 3 aliphatic rings. The number of nitrogens with zero attached hydrogens (tertiary/aromatic N) is 1. The van der Waals surface area contributed by atoms with E-state index in [4.69, 9.17) is 9.47 Å². The van der Waals surface area contributed by atoms with Gasteiger partial charge in [-0.1, -0.05) is 12.8 Å². The topological polar surface area (TPSA) is 21.7 Å². The monoisotopic (exact) mass is 239 g/mol. The van der Waals surface area contributed by atoms with Gasteiger partial charge in [-0.3, -0.25) is 4.90 Å². The maximum Gasteiger partial charge on any atom is 0.0805 e. The van der Waals surface area contributed by atoms with E-state index < -0.39 is 0 Å². The summed E-state index contributed by atoms with van der Waals surface area (Å²) in [4.78, 5) is 2.66. The van der Waals surface area contributed by atoms with Gasteiger partial charge in [-0.05, 0) is 32.1 Å². The van der Waals surface area contributed by atoms with Gasteiger partial charge in [0, 0.05) is 26.2 Å². The van der Waals surface area contributed by atoms with Crippen LogP contribution < -0.4 is 0 Å². The van der Waals surface area contributed by atoms with Crippen LogP contribution in [-0.2, 0) is 9.47 Å². The van der Waals surface area contributed by atoms with Gasteiger partial charge in [0.1, 0.15) is 0 Å². The van der Waals surface area contributed by atoms with E-state index in [0.29, 0.717) is 12.1 Å². The fourth-order valence-corrected chi connectivity index (χ4v) is 3.74. The smallest absolute Gasteiger partial charge is 0.0805 e. The largest absolute Gasteiger partial charge is 0.377 e. The van der Waals surface area contributed by atoms with Crippen LogP contribution in [0.5, 0.6) is 0 Å². The number of methoxy groups -OCH3 is 1. The minimum atomic E-state index is 0.180. The third-order valence-corrected chi connectivity index (χ3v) is 5.04. The van der Waals surface area contributed by atoms with E-state index in [0.717, 1.165) is 19.7 Å². The molecule has 98 valence electrons. The molecule has 0 aromatic rings. The van der Waals surface area contributed by atoms with Gasteiger partial charge in [0.2, 0.25) is 0 Å². The van der Waals surface area contributed by atoms with E-state index in [1.165, 1.54) is 44.9 Å². The molecule has 3 heteroatoms. The fourth-order valence-electron chi connectivity index (χ4n) is 3.74. The fraction of sp³-hybridized carbons (Fsp3) is 1.00. The third kappa shape index (κ3) is 2.25. The summed E-state index contributed by atoms with van der Waals surface area (Å²) < 4.78 is 11.7. The summed E-state index contributed by atoms with van der Waals surface area (Å²) in [6.07, 6.45) is 9.66. The van der Waals surface area contributed by atoms with Crippen molar-refractivity contribution in [1.29, 1.82) is 0 Å². The van der Waals surface area contributed by atoms with Crippen molar-refractivity contribution in [3.8, 4) is 0 Å². The molecule has 2 atom stereocenters. The minimum absolute atomic E-state index is 0.180. The molecule has 0 N–H and O–H groups in total. The van der Waals surface area contributed by atoms with Crippen LogP contribution in [0.1, 0.15) is 44.9 Å². The Balaban J connectivity index is 1.64. The SMILES string of the molecule is COC1(CN2CCOC3CCCCC32)CCC1. The Labute approximate surface area is 104 Å². The predicted molar refractivity (Wildman–Crippen MR) is 67.2 cm³/mol. The maximum atomic E-state index is 5.93. The zero-order valence-corrected chi connectivity index (χ0v) is 11.0. The Morgan fingerprint density at radius 3 is 2.76 bits per heavy atom. The molecular formula is C14H25NO2. The van der Waals surface area contributed by atoms with Gasteiger partial charge in [-0.2, -0.15) is 0 Å². The molecule has 0 radical (unpaired) electrons. The van der Waals surface area contributed by atoms with Crippen LogP contribution in [-0.4, -0.2) is 49.5 Å². The molecule has 1 saturated heterocycles. The van der Waals surface area contributed by atoms with Crippen LogP contribution in [0.25, 0.3) is 0 Å².